The van der Waals surface area contributed by atoms with Crippen LogP contribution in [-0.2, 0) is 6.54 Å². The lowest BCUT2D eigenvalue weighted by Crippen LogP contribution is -2.03. The molecule has 1 N–H and O–H groups in total. The summed E-state index contributed by atoms with van der Waals surface area (Å²) in [5, 5.41) is 3.45. The fourth-order valence-electron chi connectivity index (χ4n) is 2.19. The predicted octanol–water partition coefficient (Wildman–Crippen LogP) is 5.09. The van der Waals surface area contributed by atoms with Crippen LogP contribution in [0.25, 0.3) is 0 Å². The Morgan fingerprint density at radius 1 is 1.05 bits per heavy atom. The first-order valence-electron chi connectivity index (χ1n) is 7.35. The molecule has 2 aromatic carbocycles. The zero-order chi connectivity index (χ0) is 16.1. The minimum Gasteiger partial charge on any atom is -0.493 e. The number of nitrogens with one attached hydrogen (secondary N) is 1. The number of methoxy groups -OCH3 is 1. The largest absolute Gasteiger partial charge is 0.493 e. The Hall–Kier alpha value is -1.68. The maximum atomic E-state index is 5.58. The average Bonchev–Trinajstić information content (AvgIpc) is 2.50. The summed E-state index contributed by atoms with van der Waals surface area (Å²) in [6.07, 6.45) is 0. The van der Waals surface area contributed by atoms with Crippen LogP contribution < -0.4 is 14.8 Å². The summed E-state index contributed by atoms with van der Waals surface area (Å²) in [5.41, 5.74) is 4.82. The molecule has 4 heteroatoms. The highest BCUT2D eigenvalue weighted by molar-refractivity contribution is 9.10. The number of hydrogen-bond donors (Lipinski definition) is 1. The normalized spacial score (nSPS) is 10.4. The molecule has 0 fully saturated rings. The van der Waals surface area contributed by atoms with Crippen molar-refractivity contribution in [1.29, 1.82) is 0 Å². The van der Waals surface area contributed by atoms with Crippen molar-refractivity contribution in [2.45, 2.75) is 27.3 Å². The first-order valence-corrected chi connectivity index (χ1v) is 8.14. The SMILES string of the molecule is CCOc1cc(Br)c(CNc2ccc(C)c(C)c2)cc1OC. The quantitative estimate of drug-likeness (QED) is 0.775. The minimum atomic E-state index is 0.614. The molecule has 0 atom stereocenters. The van der Waals surface area contributed by atoms with Gasteiger partial charge < -0.3 is 14.8 Å². The molecule has 0 aliphatic heterocycles. The summed E-state index contributed by atoms with van der Waals surface area (Å²) < 4.78 is 12.0. The monoisotopic (exact) mass is 363 g/mol. The maximum Gasteiger partial charge on any atom is 0.162 e. The van der Waals surface area contributed by atoms with Gasteiger partial charge in [-0.2, -0.15) is 0 Å². The standard InChI is InChI=1S/C18H22BrNO2/c1-5-22-18-10-16(19)14(9-17(18)21-4)11-20-15-7-6-12(2)13(3)8-15/h6-10,20H,5,11H2,1-4H3. The van der Waals surface area contributed by atoms with E-state index in [1.165, 1.54) is 11.1 Å². The molecule has 0 aliphatic rings. The second kappa shape index (κ2) is 7.54. The van der Waals surface area contributed by atoms with E-state index in [4.69, 9.17) is 9.47 Å². The van der Waals surface area contributed by atoms with E-state index < -0.39 is 0 Å². The molecule has 22 heavy (non-hydrogen) atoms. The molecule has 0 spiro atoms. The lowest BCUT2D eigenvalue weighted by Gasteiger charge is -2.14. The summed E-state index contributed by atoms with van der Waals surface area (Å²) >= 11 is 3.60. The van der Waals surface area contributed by atoms with Crippen molar-refractivity contribution in [1.82, 2.24) is 0 Å². The topological polar surface area (TPSA) is 30.5 Å². The summed E-state index contributed by atoms with van der Waals surface area (Å²) in [5.74, 6) is 1.51. The second-order valence-electron chi connectivity index (χ2n) is 5.18. The van der Waals surface area contributed by atoms with Gasteiger partial charge in [-0.1, -0.05) is 22.0 Å². The van der Waals surface area contributed by atoms with Gasteiger partial charge in [0.1, 0.15) is 0 Å². The van der Waals surface area contributed by atoms with Crippen LogP contribution in [0, 0.1) is 13.8 Å². The lowest BCUT2D eigenvalue weighted by atomic mass is 10.1. The highest BCUT2D eigenvalue weighted by atomic mass is 79.9. The Morgan fingerprint density at radius 3 is 2.45 bits per heavy atom. The van der Waals surface area contributed by atoms with E-state index in [0.29, 0.717) is 13.2 Å². The van der Waals surface area contributed by atoms with Crippen LogP contribution in [0.3, 0.4) is 0 Å². The predicted molar refractivity (Wildman–Crippen MR) is 95.1 cm³/mol. The zero-order valence-electron chi connectivity index (χ0n) is 13.5. The molecular weight excluding hydrogens is 342 g/mol. The molecule has 0 radical (unpaired) electrons. The third-order valence-electron chi connectivity index (χ3n) is 3.62. The average molecular weight is 364 g/mol. The molecule has 0 aromatic heterocycles. The number of anilines is 1. The zero-order valence-corrected chi connectivity index (χ0v) is 15.1. The number of aryl methyl sites for hydroxylation is 2. The molecule has 3 nitrogen and oxygen atoms in total. The Bertz CT molecular complexity index is 656. The number of halogens is 1. The van der Waals surface area contributed by atoms with Crippen LogP contribution in [0.2, 0.25) is 0 Å². The van der Waals surface area contributed by atoms with E-state index >= 15 is 0 Å². The van der Waals surface area contributed by atoms with Gasteiger partial charge in [0.25, 0.3) is 0 Å². The fraction of sp³-hybridized carbons (Fsp3) is 0.333. The van der Waals surface area contributed by atoms with Crippen LogP contribution >= 0.6 is 15.9 Å². The number of ether oxygens (including phenoxy) is 2. The Morgan fingerprint density at radius 2 is 1.82 bits per heavy atom. The van der Waals surface area contributed by atoms with E-state index in [2.05, 4.69) is 53.3 Å². The highest BCUT2D eigenvalue weighted by Crippen LogP contribution is 2.34. The van der Waals surface area contributed by atoms with Crippen LogP contribution in [0.15, 0.2) is 34.8 Å². The van der Waals surface area contributed by atoms with Gasteiger partial charge in [-0.15, -0.1) is 0 Å². The number of hydrogen-bond acceptors (Lipinski definition) is 3. The van der Waals surface area contributed by atoms with E-state index in [-0.39, 0.29) is 0 Å². The number of rotatable bonds is 6. The lowest BCUT2D eigenvalue weighted by molar-refractivity contribution is 0.310. The van der Waals surface area contributed by atoms with Crippen LogP contribution in [0.1, 0.15) is 23.6 Å². The van der Waals surface area contributed by atoms with E-state index in [1.807, 2.05) is 19.1 Å². The van der Waals surface area contributed by atoms with E-state index in [9.17, 15) is 0 Å². The smallest absolute Gasteiger partial charge is 0.162 e. The van der Waals surface area contributed by atoms with Crippen molar-refractivity contribution in [2.75, 3.05) is 19.0 Å². The van der Waals surface area contributed by atoms with Crippen LogP contribution in [0.4, 0.5) is 5.69 Å². The maximum absolute atomic E-state index is 5.58. The molecule has 0 heterocycles. The van der Waals surface area contributed by atoms with Crippen molar-refractivity contribution in [3.05, 3.63) is 51.5 Å². The molecule has 118 valence electrons. The van der Waals surface area contributed by atoms with Crippen molar-refractivity contribution in [3.8, 4) is 11.5 Å². The van der Waals surface area contributed by atoms with Gasteiger partial charge >= 0.3 is 0 Å². The number of benzene rings is 2. The summed E-state index contributed by atoms with van der Waals surface area (Å²) in [4.78, 5) is 0. The van der Waals surface area contributed by atoms with Crippen molar-refractivity contribution < 1.29 is 9.47 Å². The second-order valence-corrected chi connectivity index (χ2v) is 6.03. The molecule has 0 bridgehead atoms. The first kappa shape index (κ1) is 16.7. The van der Waals surface area contributed by atoms with E-state index in [1.54, 1.807) is 7.11 Å². The highest BCUT2D eigenvalue weighted by Gasteiger charge is 2.10. The molecule has 0 unspecified atom stereocenters. The Labute approximate surface area is 140 Å². The van der Waals surface area contributed by atoms with Gasteiger partial charge in [0.2, 0.25) is 0 Å². The fourth-order valence-corrected chi connectivity index (χ4v) is 2.65. The van der Waals surface area contributed by atoms with Crippen molar-refractivity contribution in [2.24, 2.45) is 0 Å². The van der Waals surface area contributed by atoms with Gasteiger partial charge in [0.05, 0.1) is 13.7 Å². The van der Waals surface area contributed by atoms with Gasteiger partial charge in [-0.25, -0.2) is 0 Å². The summed E-state index contributed by atoms with van der Waals surface area (Å²) in [7, 11) is 1.66. The van der Waals surface area contributed by atoms with Crippen LogP contribution in [0.5, 0.6) is 11.5 Å². The Kier molecular flexibility index (Phi) is 5.72. The van der Waals surface area contributed by atoms with Gasteiger partial charge in [-0.3, -0.25) is 0 Å². The minimum absolute atomic E-state index is 0.614. The summed E-state index contributed by atoms with van der Waals surface area (Å²) in [6.45, 7) is 7.53. The summed E-state index contributed by atoms with van der Waals surface area (Å²) in [6, 6.07) is 10.4. The third kappa shape index (κ3) is 3.95. The molecule has 2 aromatic rings. The molecule has 0 saturated carbocycles. The van der Waals surface area contributed by atoms with Gasteiger partial charge in [0, 0.05) is 16.7 Å². The third-order valence-corrected chi connectivity index (χ3v) is 4.36. The molecular formula is C18H22BrNO2. The molecule has 0 amide bonds. The van der Waals surface area contributed by atoms with Crippen LogP contribution in [-0.4, -0.2) is 13.7 Å². The van der Waals surface area contributed by atoms with Crippen molar-refractivity contribution >= 4 is 21.6 Å². The van der Waals surface area contributed by atoms with Gasteiger partial charge in [-0.05, 0) is 61.7 Å². The Balaban J connectivity index is 2.16. The van der Waals surface area contributed by atoms with Gasteiger partial charge in [0.15, 0.2) is 11.5 Å². The molecule has 0 aliphatic carbocycles. The first-order chi connectivity index (χ1) is 10.5. The molecule has 2 rings (SSSR count). The van der Waals surface area contributed by atoms with Crippen molar-refractivity contribution in [3.63, 3.8) is 0 Å². The van der Waals surface area contributed by atoms with E-state index in [0.717, 1.165) is 27.2 Å². The molecule has 0 saturated heterocycles.